The highest BCUT2D eigenvalue weighted by molar-refractivity contribution is 5.62. The number of aliphatic carboxylic acids is 1. The molecule has 0 saturated heterocycles. The maximum atomic E-state index is 9.00. The van der Waals surface area contributed by atoms with E-state index in [2.05, 4.69) is 0 Å². The van der Waals surface area contributed by atoms with Crippen LogP contribution in [0.25, 0.3) is 0 Å². The lowest BCUT2D eigenvalue weighted by Gasteiger charge is -1.70. The zero-order valence-electron chi connectivity index (χ0n) is 5.37. The van der Waals surface area contributed by atoms with Crippen LogP contribution in [0, 0.1) is 0 Å². The van der Waals surface area contributed by atoms with Gasteiger partial charge in [0.05, 0.1) is 13.2 Å². The molecule has 5 heteroatoms. The first-order chi connectivity index (χ1) is 3.65. The van der Waals surface area contributed by atoms with Gasteiger partial charge < -0.3 is 21.5 Å². The Morgan fingerprint density at radius 3 is 1.44 bits per heavy atom. The van der Waals surface area contributed by atoms with Gasteiger partial charge in [-0.3, -0.25) is 4.79 Å². The van der Waals surface area contributed by atoms with Gasteiger partial charge in [0.25, 0.3) is 5.97 Å². The molecule has 0 unspecified atom stereocenters. The van der Waals surface area contributed by atoms with Crippen LogP contribution in [-0.4, -0.2) is 34.5 Å². The zero-order chi connectivity index (χ0) is 6.99. The SMILES string of the molecule is CC(=O)O.N.OCCO. The third kappa shape index (κ3) is 1720. The van der Waals surface area contributed by atoms with E-state index in [9.17, 15) is 0 Å². The fraction of sp³-hybridized carbons (Fsp3) is 0.750. The molecular weight excluding hydrogens is 126 g/mol. The molecule has 6 N–H and O–H groups in total. The van der Waals surface area contributed by atoms with E-state index in [1.54, 1.807) is 0 Å². The maximum Gasteiger partial charge on any atom is 0.300 e. The molecular formula is C4H13NO4. The van der Waals surface area contributed by atoms with Gasteiger partial charge in [0.1, 0.15) is 0 Å². The molecule has 0 bridgehead atoms. The first-order valence-electron chi connectivity index (χ1n) is 2.06. The van der Waals surface area contributed by atoms with Crippen LogP contribution >= 0.6 is 0 Å². The molecule has 0 aromatic heterocycles. The van der Waals surface area contributed by atoms with E-state index in [-0.39, 0.29) is 19.4 Å². The molecule has 0 aromatic rings. The van der Waals surface area contributed by atoms with Crippen LogP contribution in [0.15, 0.2) is 0 Å². The number of carboxylic acids is 1. The molecule has 0 aliphatic heterocycles. The Balaban J connectivity index is -0.0000000720. The van der Waals surface area contributed by atoms with Crippen LogP contribution in [0.1, 0.15) is 6.92 Å². The molecule has 9 heavy (non-hydrogen) atoms. The van der Waals surface area contributed by atoms with Crippen molar-refractivity contribution in [1.29, 1.82) is 0 Å². The zero-order valence-corrected chi connectivity index (χ0v) is 5.37. The standard InChI is InChI=1S/C2H4O2.C2H6O2.H3N/c1-2(3)4;3-1-2-4;/h1H3,(H,3,4);3-4H,1-2H2;1H3. The summed E-state index contributed by atoms with van der Waals surface area (Å²) in [6.45, 7) is 0.833. The number of aliphatic hydroxyl groups excluding tert-OH is 2. The van der Waals surface area contributed by atoms with Crippen molar-refractivity contribution < 1.29 is 20.1 Å². The molecule has 0 spiro atoms. The van der Waals surface area contributed by atoms with Gasteiger partial charge in [0, 0.05) is 6.92 Å². The van der Waals surface area contributed by atoms with Crippen LogP contribution in [0.4, 0.5) is 0 Å². The Hall–Kier alpha value is -0.650. The second-order valence-corrected chi connectivity index (χ2v) is 0.966. The Morgan fingerprint density at radius 2 is 1.44 bits per heavy atom. The molecule has 0 fully saturated rings. The maximum absolute atomic E-state index is 9.00. The van der Waals surface area contributed by atoms with E-state index in [0.717, 1.165) is 6.92 Å². The highest BCUT2D eigenvalue weighted by Crippen LogP contribution is 1.42. The summed E-state index contributed by atoms with van der Waals surface area (Å²) < 4.78 is 0. The molecule has 0 radical (unpaired) electrons. The number of carbonyl (C=O) groups is 1. The van der Waals surface area contributed by atoms with Gasteiger partial charge in [-0.2, -0.15) is 0 Å². The number of hydrogen-bond acceptors (Lipinski definition) is 4. The van der Waals surface area contributed by atoms with Gasteiger partial charge in [0.15, 0.2) is 0 Å². The van der Waals surface area contributed by atoms with E-state index < -0.39 is 5.97 Å². The summed E-state index contributed by atoms with van der Waals surface area (Å²) in [6, 6.07) is 0. The summed E-state index contributed by atoms with van der Waals surface area (Å²) >= 11 is 0. The Morgan fingerprint density at radius 1 is 1.33 bits per heavy atom. The minimum absolute atomic E-state index is 0. The van der Waals surface area contributed by atoms with Crippen LogP contribution in [0.3, 0.4) is 0 Å². The van der Waals surface area contributed by atoms with Crippen molar-refractivity contribution in [1.82, 2.24) is 6.15 Å². The van der Waals surface area contributed by atoms with Crippen LogP contribution < -0.4 is 6.15 Å². The molecule has 0 atom stereocenters. The number of carboxylic acid groups (broad SMARTS) is 1. The van der Waals surface area contributed by atoms with Gasteiger partial charge in [0.2, 0.25) is 0 Å². The summed E-state index contributed by atoms with van der Waals surface area (Å²) in [6.07, 6.45) is 0. The molecule has 0 heterocycles. The molecule has 0 aliphatic rings. The quantitative estimate of drug-likeness (QED) is 0.380. The Labute approximate surface area is 53.5 Å². The lowest BCUT2D eigenvalue weighted by Crippen LogP contribution is -1.85. The molecule has 5 nitrogen and oxygen atoms in total. The van der Waals surface area contributed by atoms with Crippen molar-refractivity contribution in [2.45, 2.75) is 6.92 Å². The molecule has 0 aliphatic carbocycles. The topological polar surface area (TPSA) is 113 Å². The lowest BCUT2D eigenvalue weighted by atomic mass is 10.8. The first-order valence-corrected chi connectivity index (χ1v) is 2.06. The van der Waals surface area contributed by atoms with Gasteiger partial charge >= 0.3 is 0 Å². The largest absolute Gasteiger partial charge is 0.481 e. The van der Waals surface area contributed by atoms with E-state index in [1.807, 2.05) is 0 Å². The fourth-order valence-electron chi connectivity index (χ4n) is 0. The average Bonchev–Trinajstić information content (AvgIpc) is 1.65. The van der Waals surface area contributed by atoms with E-state index in [0.29, 0.717) is 0 Å². The highest BCUT2D eigenvalue weighted by atomic mass is 16.4. The molecule has 0 amide bonds. The predicted octanol–water partition coefficient (Wildman–Crippen LogP) is -0.776. The van der Waals surface area contributed by atoms with Crippen LogP contribution in [-0.2, 0) is 4.79 Å². The molecule has 0 rings (SSSR count). The van der Waals surface area contributed by atoms with E-state index in [4.69, 9.17) is 20.1 Å². The Bertz CT molecular complexity index is 50.5. The summed E-state index contributed by atoms with van der Waals surface area (Å²) in [4.78, 5) is 9.00. The van der Waals surface area contributed by atoms with Crippen molar-refractivity contribution in [3.63, 3.8) is 0 Å². The molecule has 58 valence electrons. The molecule has 0 aromatic carbocycles. The molecule has 0 saturated carbocycles. The second kappa shape index (κ2) is 15.7. The third-order valence-electron chi connectivity index (χ3n) is 0.1000. The number of hydrogen-bond donors (Lipinski definition) is 4. The first kappa shape index (κ1) is 15.8. The van der Waals surface area contributed by atoms with Gasteiger partial charge in [-0.15, -0.1) is 0 Å². The van der Waals surface area contributed by atoms with Gasteiger partial charge in [-0.25, -0.2) is 0 Å². The van der Waals surface area contributed by atoms with Crippen molar-refractivity contribution in [3.8, 4) is 0 Å². The summed E-state index contributed by atoms with van der Waals surface area (Å²) in [5, 5.41) is 22.7. The predicted molar refractivity (Wildman–Crippen MR) is 32.5 cm³/mol. The van der Waals surface area contributed by atoms with Gasteiger partial charge in [-0.05, 0) is 0 Å². The van der Waals surface area contributed by atoms with Crippen molar-refractivity contribution in [3.05, 3.63) is 0 Å². The van der Waals surface area contributed by atoms with Crippen molar-refractivity contribution >= 4 is 5.97 Å². The van der Waals surface area contributed by atoms with Crippen molar-refractivity contribution in [2.24, 2.45) is 0 Å². The monoisotopic (exact) mass is 139 g/mol. The minimum Gasteiger partial charge on any atom is -0.481 e. The van der Waals surface area contributed by atoms with E-state index in [1.165, 1.54) is 0 Å². The lowest BCUT2D eigenvalue weighted by molar-refractivity contribution is -0.134. The normalized spacial score (nSPS) is 6.11. The highest BCUT2D eigenvalue weighted by Gasteiger charge is 1.65. The average molecular weight is 139 g/mol. The third-order valence-corrected chi connectivity index (χ3v) is 0.1000. The second-order valence-electron chi connectivity index (χ2n) is 0.966. The Kier molecular flexibility index (Phi) is 27.4. The summed E-state index contributed by atoms with van der Waals surface area (Å²) in [5.41, 5.74) is 0. The smallest absolute Gasteiger partial charge is 0.300 e. The fourth-order valence-corrected chi connectivity index (χ4v) is 0. The summed E-state index contributed by atoms with van der Waals surface area (Å²) in [7, 11) is 0. The minimum atomic E-state index is -0.833. The van der Waals surface area contributed by atoms with E-state index >= 15 is 0 Å². The number of aliphatic hydroxyl groups is 2. The van der Waals surface area contributed by atoms with Crippen LogP contribution in [0.2, 0.25) is 0 Å². The van der Waals surface area contributed by atoms with Crippen LogP contribution in [0.5, 0.6) is 0 Å². The summed E-state index contributed by atoms with van der Waals surface area (Å²) in [5.74, 6) is -0.833. The van der Waals surface area contributed by atoms with Gasteiger partial charge in [-0.1, -0.05) is 0 Å². The number of rotatable bonds is 1. The van der Waals surface area contributed by atoms with Crippen molar-refractivity contribution in [2.75, 3.05) is 13.2 Å².